The molecular weight excluding hydrogens is 366 g/mol. The Morgan fingerprint density at radius 1 is 1.40 bits per heavy atom. The molecule has 10 nitrogen and oxygen atoms in total. The Morgan fingerprint density at radius 3 is 3.00 bits per heavy atom. The molecule has 0 saturated carbocycles. The summed E-state index contributed by atoms with van der Waals surface area (Å²) >= 11 is 3.32. The highest BCUT2D eigenvalue weighted by Crippen LogP contribution is 2.09. The smallest absolute Gasteiger partial charge is 0.259 e. The van der Waals surface area contributed by atoms with Crippen molar-refractivity contribution in [3.05, 3.63) is 40.3 Å². The minimum Gasteiger partial charge on any atom is -0.368 e. The van der Waals surface area contributed by atoms with Gasteiger partial charge in [-0.2, -0.15) is 28.6 Å². The summed E-state index contributed by atoms with van der Waals surface area (Å²) in [4.78, 5) is 18.7. The van der Waals surface area contributed by atoms with E-state index in [-0.39, 0.29) is 11.5 Å². The lowest BCUT2D eigenvalue weighted by Crippen LogP contribution is -2.32. The van der Waals surface area contributed by atoms with Crippen molar-refractivity contribution in [3.63, 3.8) is 0 Å². The number of amidine groups is 1. The summed E-state index contributed by atoms with van der Waals surface area (Å²) < 4.78 is 4.76. The van der Waals surface area contributed by atoms with Crippen LogP contribution in [0.5, 0.6) is 0 Å². The largest absolute Gasteiger partial charge is 0.368 e. The molecular formula is C13H19N7O3S2. The van der Waals surface area contributed by atoms with Gasteiger partial charge in [0, 0.05) is 34.8 Å². The van der Waals surface area contributed by atoms with E-state index in [1.807, 2.05) is 6.07 Å². The lowest BCUT2D eigenvalue weighted by molar-refractivity contribution is -0.463. The third-order valence-corrected chi connectivity index (χ3v) is 4.78. The zero-order chi connectivity index (χ0) is 17.7. The van der Waals surface area contributed by atoms with Crippen molar-refractivity contribution in [2.24, 2.45) is 4.99 Å². The fourth-order valence-corrected chi connectivity index (χ4v) is 3.20. The van der Waals surface area contributed by atoms with E-state index in [1.54, 1.807) is 23.5 Å². The van der Waals surface area contributed by atoms with Crippen LogP contribution < -0.4 is 5.32 Å². The van der Waals surface area contributed by atoms with Crippen molar-refractivity contribution < 1.29 is 9.45 Å². The van der Waals surface area contributed by atoms with Gasteiger partial charge in [-0.15, -0.1) is 0 Å². The molecule has 12 heteroatoms. The van der Waals surface area contributed by atoms with E-state index in [4.69, 9.17) is 4.52 Å². The van der Waals surface area contributed by atoms with Gasteiger partial charge in [-0.05, 0) is 0 Å². The second kappa shape index (κ2) is 11.5. The number of nitrogens with zero attached hydrogens (tertiary/aromatic N) is 5. The van der Waals surface area contributed by atoms with Crippen LogP contribution in [0.4, 0.5) is 0 Å². The van der Waals surface area contributed by atoms with Crippen molar-refractivity contribution in [1.29, 1.82) is 0 Å². The van der Waals surface area contributed by atoms with Gasteiger partial charge in [0.15, 0.2) is 5.84 Å². The summed E-state index contributed by atoms with van der Waals surface area (Å²) in [5, 5.41) is 24.2. The number of H-pyrrole nitrogens is 1. The summed E-state index contributed by atoms with van der Waals surface area (Å²) in [6, 6.07) is 1.82. The van der Waals surface area contributed by atoms with Crippen molar-refractivity contribution in [3.8, 4) is 0 Å². The van der Waals surface area contributed by atoms with Crippen molar-refractivity contribution >= 4 is 29.4 Å². The number of aromatic amines is 1. The normalized spacial score (nSPS) is 11.6. The zero-order valence-corrected chi connectivity index (χ0v) is 15.1. The van der Waals surface area contributed by atoms with Crippen LogP contribution in [0, 0.1) is 10.1 Å². The molecule has 0 aliphatic heterocycles. The first-order valence-corrected chi connectivity index (χ1v) is 9.83. The molecule has 0 aromatic carbocycles. The lowest BCUT2D eigenvalue weighted by Gasteiger charge is -2.06. The summed E-state index contributed by atoms with van der Waals surface area (Å²) in [5.41, 5.74) is 0.882. The zero-order valence-electron chi connectivity index (χ0n) is 13.5. The Kier molecular flexibility index (Phi) is 8.83. The van der Waals surface area contributed by atoms with Crippen LogP contribution in [0.1, 0.15) is 11.5 Å². The molecule has 0 saturated heterocycles. The molecule has 0 unspecified atom stereocenters. The Bertz CT molecular complexity index is 634. The number of aliphatic imine (C=N–C) groups is 1. The van der Waals surface area contributed by atoms with E-state index >= 15 is 0 Å². The molecule has 2 aromatic rings. The first-order chi connectivity index (χ1) is 12.2. The van der Waals surface area contributed by atoms with Crippen molar-refractivity contribution in [1.82, 2.24) is 25.7 Å². The predicted octanol–water partition coefficient (Wildman–Crippen LogP) is 1.22. The Balaban J connectivity index is 1.61. The molecule has 0 atom stereocenters. The maximum Gasteiger partial charge on any atom is 0.259 e. The lowest BCUT2D eigenvalue weighted by atomic mass is 10.5. The second-order valence-electron chi connectivity index (χ2n) is 4.77. The number of hydrogen-bond donors (Lipinski definition) is 2. The van der Waals surface area contributed by atoms with E-state index in [9.17, 15) is 10.1 Å². The average Bonchev–Trinajstić information content (AvgIpc) is 3.27. The van der Waals surface area contributed by atoms with Crippen LogP contribution in [-0.2, 0) is 11.5 Å². The first-order valence-electron chi connectivity index (χ1n) is 7.52. The van der Waals surface area contributed by atoms with Gasteiger partial charge >= 0.3 is 0 Å². The van der Waals surface area contributed by atoms with E-state index in [0.29, 0.717) is 24.7 Å². The summed E-state index contributed by atoms with van der Waals surface area (Å²) in [7, 11) is 0. The van der Waals surface area contributed by atoms with Crippen LogP contribution in [0.2, 0.25) is 0 Å². The van der Waals surface area contributed by atoms with Gasteiger partial charge in [0.1, 0.15) is 18.4 Å². The van der Waals surface area contributed by atoms with Crippen molar-refractivity contribution in [2.45, 2.75) is 11.5 Å². The standard InChI is InChI=1S/C13H19N7O3S2/c21-20(22)7-12(14-2-5-24-8-11-1-4-23-19-11)15-3-6-25-9-13-16-10-17-18-13/h1,4,10H,2-3,5-9H2,(H,14,15)(H,16,17,18). The quantitative estimate of drug-likeness (QED) is 0.182. The van der Waals surface area contributed by atoms with Crippen LogP contribution in [0.3, 0.4) is 0 Å². The van der Waals surface area contributed by atoms with Gasteiger partial charge in [0.25, 0.3) is 6.54 Å². The van der Waals surface area contributed by atoms with E-state index < -0.39 is 0 Å². The monoisotopic (exact) mass is 385 g/mol. The van der Waals surface area contributed by atoms with Gasteiger partial charge in [-0.3, -0.25) is 20.2 Å². The van der Waals surface area contributed by atoms with Crippen LogP contribution in [0.15, 0.2) is 28.2 Å². The molecule has 0 spiro atoms. The van der Waals surface area contributed by atoms with Gasteiger partial charge in [-0.25, -0.2) is 4.98 Å². The van der Waals surface area contributed by atoms with Crippen LogP contribution in [0.25, 0.3) is 0 Å². The molecule has 0 aliphatic rings. The SMILES string of the molecule is O=[N+]([O-])CC(=NCCSCc1ncn[nH]1)NCCSCc1ccon1. The molecule has 0 fully saturated rings. The Morgan fingerprint density at radius 2 is 2.28 bits per heavy atom. The molecule has 0 aliphatic carbocycles. The topological polar surface area (TPSA) is 135 Å². The average molecular weight is 385 g/mol. The number of nitro groups is 1. The number of thioether (sulfide) groups is 2. The minimum absolute atomic E-state index is 0.291. The minimum atomic E-state index is -0.379. The van der Waals surface area contributed by atoms with Gasteiger partial charge in [0.05, 0.1) is 18.0 Å². The van der Waals surface area contributed by atoms with Crippen molar-refractivity contribution in [2.75, 3.05) is 31.1 Å². The first kappa shape index (κ1) is 19.2. The highest BCUT2D eigenvalue weighted by atomic mass is 32.2. The van der Waals surface area contributed by atoms with Gasteiger partial charge in [-0.1, -0.05) is 5.16 Å². The molecule has 25 heavy (non-hydrogen) atoms. The molecule has 2 rings (SSSR count). The molecule has 2 heterocycles. The third-order valence-electron chi connectivity index (χ3n) is 2.84. The summed E-state index contributed by atoms with van der Waals surface area (Å²) in [5.74, 6) is 4.23. The van der Waals surface area contributed by atoms with Crippen LogP contribution >= 0.6 is 23.5 Å². The predicted molar refractivity (Wildman–Crippen MR) is 97.4 cm³/mol. The van der Waals surface area contributed by atoms with E-state index in [2.05, 4.69) is 30.6 Å². The van der Waals surface area contributed by atoms with Crippen LogP contribution in [-0.4, -0.2) is 62.2 Å². The fraction of sp³-hybridized carbons (Fsp3) is 0.538. The molecule has 136 valence electrons. The molecule has 0 bridgehead atoms. The molecule has 0 radical (unpaired) electrons. The number of hydrogen-bond acceptors (Lipinski definition) is 9. The maximum atomic E-state index is 10.7. The number of aromatic nitrogens is 4. The van der Waals surface area contributed by atoms with E-state index in [1.165, 1.54) is 12.6 Å². The molecule has 0 amide bonds. The Labute approximate surface area is 152 Å². The third kappa shape index (κ3) is 8.54. The Hall–Kier alpha value is -2.08. The highest BCUT2D eigenvalue weighted by molar-refractivity contribution is 7.98. The molecule has 2 aromatic heterocycles. The second-order valence-corrected chi connectivity index (χ2v) is 6.98. The summed E-state index contributed by atoms with van der Waals surface area (Å²) in [6.45, 7) is 0.835. The fourth-order valence-electron chi connectivity index (χ4n) is 1.75. The number of nitrogens with one attached hydrogen (secondary N) is 2. The molecule has 2 N–H and O–H groups in total. The summed E-state index contributed by atoms with van der Waals surface area (Å²) in [6.07, 6.45) is 3.00. The van der Waals surface area contributed by atoms with E-state index in [0.717, 1.165) is 28.8 Å². The van der Waals surface area contributed by atoms with Gasteiger partial charge in [0.2, 0.25) is 0 Å². The highest BCUT2D eigenvalue weighted by Gasteiger charge is 2.07. The van der Waals surface area contributed by atoms with Gasteiger partial charge < -0.3 is 9.84 Å². The maximum absolute atomic E-state index is 10.7. The number of rotatable bonds is 12.